The number of hydrogen-bond acceptors (Lipinski definition) is 4. The molecule has 2 rings (SSSR count). The van der Waals surface area contributed by atoms with E-state index in [0.29, 0.717) is 10.7 Å². The maximum absolute atomic E-state index is 6.01. The molecule has 82 valence electrons. The van der Waals surface area contributed by atoms with E-state index in [2.05, 4.69) is 9.97 Å². The molecule has 0 aliphatic heterocycles. The second-order valence-electron chi connectivity index (χ2n) is 3.13. The summed E-state index contributed by atoms with van der Waals surface area (Å²) < 4.78 is 5.24. The van der Waals surface area contributed by atoms with Gasteiger partial charge in [-0.15, -0.1) is 0 Å². The van der Waals surface area contributed by atoms with Gasteiger partial charge in [0.05, 0.1) is 7.11 Å². The number of methoxy groups -OCH3 is 1. The number of hydrogen-bond donors (Lipinski definition) is 1. The summed E-state index contributed by atoms with van der Waals surface area (Å²) in [4.78, 5) is 7.82. The fraction of sp³-hybridized carbons (Fsp3) is 0.0909. The molecule has 2 aromatic rings. The highest BCUT2D eigenvalue weighted by atomic mass is 35.5. The van der Waals surface area contributed by atoms with Crippen LogP contribution in [0.2, 0.25) is 5.15 Å². The van der Waals surface area contributed by atoms with Crippen LogP contribution in [0.25, 0.3) is 11.1 Å². The zero-order valence-electron chi connectivity index (χ0n) is 8.64. The third kappa shape index (κ3) is 1.92. The van der Waals surface area contributed by atoms with Gasteiger partial charge in [-0.25, -0.2) is 9.97 Å². The van der Waals surface area contributed by atoms with E-state index in [0.717, 1.165) is 11.3 Å². The number of aromatic nitrogens is 2. The molecule has 0 unspecified atom stereocenters. The van der Waals surface area contributed by atoms with E-state index in [1.54, 1.807) is 13.3 Å². The van der Waals surface area contributed by atoms with Crippen molar-refractivity contribution in [2.24, 2.45) is 0 Å². The monoisotopic (exact) mass is 235 g/mol. The summed E-state index contributed by atoms with van der Waals surface area (Å²) in [6.07, 6.45) is 1.59. The van der Waals surface area contributed by atoms with E-state index >= 15 is 0 Å². The number of halogens is 1. The molecule has 16 heavy (non-hydrogen) atoms. The molecule has 0 saturated carbocycles. The van der Waals surface area contributed by atoms with Crippen LogP contribution in [0.15, 0.2) is 30.5 Å². The first-order valence-corrected chi connectivity index (χ1v) is 5.01. The van der Waals surface area contributed by atoms with Crippen molar-refractivity contribution in [1.82, 2.24) is 9.97 Å². The van der Waals surface area contributed by atoms with E-state index in [1.165, 1.54) is 0 Å². The van der Waals surface area contributed by atoms with Crippen LogP contribution in [0.5, 0.6) is 5.75 Å². The Hall–Kier alpha value is -1.81. The van der Waals surface area contributed by atoms with Crippen LogP contribution in [0.3, 0.4) is 0 Å². The van der Waals surface area contributed by atoms with Gasteiger partial charge in [-0.05, 0) is 6.07 Å². The van der Waals surface area contributed by atoms with Gasteiger partial charge in [-0.3, -0.25) is 0 Å². The predicted molar refractivity (Wildman–Crippen MR) is 63.4 cm³/mol. The van der Waals surface area contributed by atoms with Gasteiger partial charge in [0.25, 0.3) is 0 Å². The Balaban J connectivity index is 2.58. The van der Waals surface area contributed by atoms with Crippen LogP contribution in [0.4, 0.5) is 5.95 Å². The fourth-order valence-electron chi connectivity index (χ4n) is 1.42. The molecule has 0 atom stereocenters. The van der Waals surface area contributed by atoms with E-state index < -0.39 is 0 Å². The van der Waals surface area contributed by atoms with Crippen molar-refractivity contribution in [2.75, 3.05) is 12.8 Å². The molecule has 1 heterocycles. The fourth-order valence-corrected chi connectivity index (χ4v) is 1.66. The van der Waals surface area contributed by atoms with Gasteiger partial charge in [-0.2, -0.15) is 0 Å². The lowest BCUT2D eigenvalue weighted by atomic mass is 10.1. The van der Waals surface area contributed by atoms with Crippen LogP contribution in [-0.2, 0) is 0 Å². The number of nitrogens with two attached hydrogens (primary N) is 1. The van der Waals surface area contributed by atoms with Gasteiger partial charge in [0, 0.05) is 17.3 Å². The van der Waals surface area contributed by atoms with E-state index in [1.807, 2.05) is 24.3 Å². The number of ether oxygens (including phenoxy) is 1. The Kier molecular flexibility index (Phi) is 2.92. The minimum atomic E-state index is 0.156. The molecule has 0 aliphatic carbocycles. The first kappa shape index (κ1) is 10.7. The Morgan fingerprint density at radius 2 is 2.00 bits per heavy atom. The summed E-state index contributed by atoms with van der Waals surface area (Å²) >= 11 is 6.01. The van der Waals surface area contributed by atoms with Crippen LogP contribution in [0.1, 0.15) is 0 Å². The zero-order chi connectivity index (χ0) is 11.5. The molecule has 5 heteroatoms. The smallest absolute Gasteiger partial charge is 0.221 e. The summed E-state index contributed by atoms with van der Waals surface area (Å²) in [6, 6.07) is 7.51. The van der Waals surface area contributed by atoms with Gasteiger partial charge in [0.1, 0.15) is 10.9 Å². The topological polar surface area (TPSA) is 61.0 Å². The average Bonchev–Trinajstić information content (AvgIpc) is 2.29. The largest absolute Gasteiger partial charge is 0.496 e. The van der Waals surface area contributed by atoms with Crippen molar-refractivity contribution in [2.45, 2.75) is 0 Å². The molecular weight excluding hydrogens is 226 g/mol. The summed E-state index contributed by atoms with van der Waals surface area (Å²) in [7, 11) is 1.60. The lowest BCUT2D eigenvalue weighted by Crippen LogP contribution is -1.96. The highest BCUT2D eigenvalue weighted by molar-refractivity contribution is 6.32. The van der Waals surface area contributed by atoms with Crippen LogP contribution >= 0.6 is 11.6 Å². The second-order valence-corrected chi connectivity index (χ2v) is 3.49. The maximum atomic E-state index is 6.01. The van der Waals surface area contributed by atoms with Gasteiger partial charge in [0.2, 0.25) is 5.95 Å². The molecular formula is C11H10ClN3O. The molecule has 0 aliphatic rings. The van der Waals surface area contributed by atoms with Crippen molar-refractivity contribution in [3.8, 4) is 16.9 Å². The number of benzene rings is 1. The molecule has 0 amide bonds. The van der Waals surface area contributed by atoms with Gasteiger partial charge in [0.15, 0.2) is 0 Å². The molecule has 0 radical (unpaired) electrons. The van der Waals surface area contributed by atoms with Crippen molar-refractivity contribution in [3.63, 3.8) is 0 Å². The molecule has 1 aromatic heterocycles. The Bertz CT molecular complexity index is 516. The summed E-state index contributed by atoms with van der Waals surface area (Å²) in [5, 5.41) is 0.317. The Morgan fingerprint density at radius 3 is 2.69 bits per heavy atom. The van der Waals surface area contributed by atoms with E-state index in [9.17, 15) is 0 Å². The third-order valence-electron chi connectivity index (χ3n) is 2.16. The van der Waals surface area contributed by atoms with Crippen molar-refractivity contribution >= 4 is 17.5 Å². The molecule has 0 fully saturated rings. The standard InChI is InChI=1S/C11H10ClN3O/c1-16-9-5-3-2-4-7(9)8-6-14-11(13)15-10(8)12/h2-6H,1H3,(H2,13,14,15). The minimum absolute atomic E-state index is 0.156. The summed E-state index contributed by atoms with van der Waals surface area (Å²) in [5.74, 6) is 0.876. The van der Waals surface area contributed by atoms with Crippen LogP contribution in [0, 0.1) is 0 Å². The molecule has 2 N–H and O–H groups in total. The molecule has 0 saturated heterocycles. The SMILES string of the molecule is COc1ccccc1-c1cnc(N)nc1Cl. The van der Waals surface area contributed by atoms with Crippen LogP contribution in [-0.4, -0.2) is 17.1 Å². The Morgan fingerprint density at radius 1 is 1.25 bits per heavy atom. The van der Waals surface area contributed by atoms with Crippen molar-refractivity contribution in [3.05, 3.63) is 35.6 Å². The van der Waals surface area contributed by atoms with Crippen molar-refractivity contribution in [1.29, 1.82) is 0 Å². The predicted octanol–water partition coefficient (Wildman–Crippen LogP) is 2.39. The zero-order valence-corrected chi connectivity index (χ0v) is 9.40. The number of para-hydroxylation sites is 1. The highest BCUT2D eigenvalue weighted by Gasteiger charge is 2.10. The second kappa shape index (κ2) is 4.37. The highest BCUT2D eigenvalue weighted by Crippen LogP contribution is 2.33. The number of nitrogen functional groups attached to an aromatic ring is 1. The number of nitrogens with zero attached hydrogens (tertiary/aromatic N) is 2. The average molecular weight is 236 g/mol. The third-order valence-corrected chi connectivity index (χ3v) is 2.45. The van der Waals surface area contributed by atoms with Gasteiger partial charge >= 0.3 is 0 Å². The first-order valence-electron chi connectivity index (χ1n) is 4.64. The Labute approximate surface area is 98.0 Å². The first-order chi connectivity index (χ1) is 7.72. The summed E-state index contributed by atoms with van der Waals surface area (Å²) in [6.45, 7) is 0. The lowest BCUT2D eigenvalue weighted by Gasteiger charge is -2.08. The van der Waals surface area contributed by atoms with Crippen molar-refractivity contribution < 1.29 is 4.74 Å². The molecule has 4 nitrogen and oxygen atoms in total. The lowest BCUT2D eigenvalue weighted by molar-refractivity contribution is 0.416. The molecule has 0 spiro atoms. The number of anilines is 1. The quantitative estimate of drug-likeness (QED) is 0.812. The molecule has 0 bridgehead atoms. The van der Waals surface area contributed by atoms with Crippen LogP contribution < -0.4 is 10.5 Å². The summed E-state index contributed by atoms with van der Waals surface area (Å²) in [5.41, 5.74) is 6.98. The minimum Gasteiger partial charge on any atom is -0.496 e. The van der Waals surface area contributed by atoms with E-state index in [-0.39, 0.29) is 5.95 Å². The maximum Gasteiger partial charge on any atom is 0.221 e. The normalized spacial score (nSPS) is 10.1. The van der Waals surface area contributed by atoms with Gasteiger partial charge < -0.3 is 10.5 Å². The molecule has 1 aromatic carbocycles. The number of rotatable bonds is 2. The van der Waals surface area contributed by atoms with E-state index in [4.69, 9.17) is 22.1 Å². The van der Waals surface area contributed by atoms with Gasteiger partial charge in [-0.1, -0.05) is 29.8 Å².